The molecule has 0 aromatic heterocycles. The predicted molar refractivity (Wildman–Crippen MR) is 103 cm³/mol. The topological polar surface area (TPSA) is 67.4 Å². The zero-order chi connectivity index (χ0) is 22.5. The molecule has 2 N–H and O–H groups in total. The van der Waals surface area contributed by atoms with Gasteiger partial charge in [-0.2, -0.15) is 13.2 Å². The van der Waals surface area contributed by atoms with Gasteiger partial charge < -0.3 is 10.1 Å². The Bertz CT molecular complexity index is 904. The molecule has 5 nitrogen and oxygen atoms in total. The molecule has 0 unspecified atom stereocenters. The zero-order valence-corrected chi connectivity index (χ0v) is 16.7. The monoisotopic (exact) mass is 426 g/mol. The minimum Gasteiger partial charge on any atom is -0.444 e. The highest BCUT2D eigenvalue weighted by Gasteiger charge is 2.33. The van der Waals surface area contributed by atoms with Crippen LogP contribution in [-0.4, -0.2) is 17.6 Å². The lowest BCUT2D eigenvalue weighted by Crippen LogP contribution is -2.27. The number of halogens is 4. The SMILES string of the molecule is CC(C)(C)OC(=O)Nc1ccc(CC(=O)NCc2ccc(F)cc2C(F)(F)F)cc1. The Labute approximate surface area is 171 Å². The molecule has 2 amide bonds. The van der Waals surface area contributed by atoms with Gasteiger partial charge in [0, 0.05) is 12.2 Å². The van der Waals surface area contributed by atoms with Crippen LogP contribution >= 0.6 is 0 Å². The van der Waals surface area contributed by atoms with Gasteiger partial charge in [-0.1, -0.05) is 18.2 Å². The first-order chi connectivity index (χ1) is 13.8. The molecule has 0 aliphatic carbocycles. The van der Waals surface area contributed by atoms with Gasteiger partial charge >= 0.3 is 12.3 Å². The van der Waals surface area contributed by atoms with Crippen LogP contribution in [0.1, 0.15) is 37.5 Å². The Hall–Kier alpha value is -3.10. The first-order valence-electron chi connectivity index (χ1n) is 9.05. The number of anilines is 1. The van der Waals surface area contributed by atoms with Crippen LogP contribution in [-0.2, 0) is 28.7 Å². The highest BCUT2D eigenvalue weighted by molar-refractivity contribution is 5.85. The van der Waals surface area contributed by atoms with E-state index in [-0.39, 0.29) is 18.5 Å². The molecule has 0 heterocycles. The third-order valence-electron chi connectivity index (χ3n) is 3.82. The van der Waals surface area contributed by atoms with E-state index in [1.165, 1.54) is 0 Å². The summed E-state index contributed by atoms with van der Waals surface area (Å²) in [6.45, 7) is 4.82. The number of alkyl halides is 3. The number of carbonyl (C=O) groups excluding carboxylic acids is 2. The average Bonchev–Trinajstić information content (AvgIpc) is 2.60. The summed E-state index contributed by atoms with van der Waals surface area (Å²) in [6, 6.07) is 8.67. The van der Waals surface area contributed by atoms with Gasteiger partial charge in [0.25, 0.3) is 0 Å². The molecule has 0 radical (unpaired) electrons. The average molecular weight is 426 g/mol. The Kier molecular flexibility index (Phi) is 7.07. The lowest BCUT2D eigenvalue weighted by atomic mass is 10.1. The van der Waals surface area contributed by atoms with Crippen molar-refractivity contribution < 1.29 is 31.9 Å². The van der Waals surface area contributed by atoms with Crippen molar-refractivity contribution >= 4 is 17.7 Å². The normalized spacial score (nSPS) is 11.7. The fraction of sp³-hybridized carbons (Fsp3) is 0.333. The van der Waals surface area contributed by atoms with E-state index in [0.717, 1.165) is 12.1 Å². The quantitative estimate of drug-likeness (QED) is 0.658. The molecule has 2 aromatic rings. The molecular weight excluding hydrogens is 404 g/mol. The largest absolute Gasteiger partial charge is 0.444 e. The summed E-state index contributed by atoms with van der Waals surface area (Å²) in [6.07, 6.45) is -5.42. The fourth-order valence-electron chi connectivity index (χ4n) is 2.54. The molecule has 0 atom stereocenters. The molecule has 0 spiro atoms. The van der Waals surface area contributed by atoms with E-state index in [2.05, 4.69) is 10.6 Å². The molecule has 0 saturated carbocycles. The van der Waals surface area contributed by atoms with Crippen molar-refractivity contribution in [3.05, 3.63) is 65.0 Å². The number of benzene rings is 2. The van der Waals surface area contributed by atoms with E-state index in [9.17, 15) is 27.2 Å². The summed E-state index contributed by atoms with van der Waals surface area (Å²) in [4.78, 5) is 23.8. The van der Waals surface area contributed by atoms with E-state index in [1.54, 1.807) is 45.0 Å². The van der Waals surface area contributed by atoms with Gasteiger partial charge in [-0.3, -0.25) is 10.1 Å². The predicted octanol–water partition coefficient (Wildman–Crippen LogP) is 5.05. The first-order valence-corrected chi connectivity index (χ1v) is 9.05. The second-order valence-electron chi connectivity index (χ2n) is 7.58. The van der Waals surface area contributed by atoms with Crippen LogP contribution in [0.2, 0.25) is 0 Å². The highest BCUT2D eigenvalue weighted by Crippen LogP contribution is 2.32. The highest BCUT2D eigenvalue weighted by atomic mass is 19.4. The summed E-state index contributed by atoms with van der Waals surface area (Å²) in [5.41, 5.74) is -0.931. The third-order valence-corrected chi connectivity index (χ3v) is 3.82. The van der Waals surface area contributed by atoms with Gasteiger partial charge in [-0.15, -0.1) is 0 Å². The number of carbonyl (C=O) groups is 2. The van der Waals surface area contributed by atoms with E-state index >= 15 is 0 Å². The molecule has 2 aromatic carbocycles. The van der Waals surface area contributed by atoms with Crippen LogP contribution in [0.25, 0.3) is 0 Å². The molecule has 0 fully saturated rings. The van der Waals surface area contributed by atoms with E-state index in [4.69, 9.17) is 4.74 Å². The molecule has 0 aliphatic heterocycles. The van der Waals surface area contributed by atoms with Crippen molar-refractivity contribution in [1.29, 1.82) is 0 Å². The van der Waals surface area contributed by atoms with Gasteiger partial charge in [-0.25, -0.2) is 9.18 Å². The summed E-state index contributed by atoms with van der Waals surface area (Å²) < 4.78 is 57.3. The minimum absolute atomic E-state index is 0.0741. The minimum atomic E-state index is -4.72. The van der Waals surface area contributed by atoms with E-state index < -0.39 is 35.2 Å². The molecule has 30 heavy (non-hydrogen) atoms. The Morgan fingerprint density at radius 3 is 2.20 bits per heavy atom. The number of rotatable bonds is 5. The Morgan fingerprint density at radius 2 is 1.63 bits per heavy atom. The van der Waals surface area contributed by atoms with Crippen LogP contribution in [0, 0.1) is 5.82 Å². The standard InChI is InChI=1S/C21H22F4N2O3/c1-20(2,3)30-19(29)27-16-8-4-13(5-9-16)10-18(28)26-12-14-6-7-15(22)11-17(14)21(23,24)25/h4-9,11H,10,12H2,1-3H3,(H,26,28)(H,27,29). The smallest absolute Gasteiger partial charge is 0.416 e. The van der Waals surface area contributed by atoms with Crippen LogP contribution in [0.15, 0.2) is 42.5 Å². The van der Waals surface area contributed by atoms with Crippen molar-refractivity contribution in [3.63, 3.8) is 0 Å². The molecule has 2 rings (SSSR count). The fourth-order valence-corrected chi connectivity index (χ4v) is 2.54. The lowest BCUT2D eigenvalue weighted by Gasteiger charge is -2.19. The molecule has 162 valence electrons. The van der Waals surface area contributed by atoms with Gasteiger partial charge in [0.05, 0.1) is 12.0 Å². The summed E-state index contributed by atoms with van der Waals surface area (Å²) in [5.74, 6) is -1.50. The second kappa shape index (κ2) is 9.15. The maximum atomic E-state index is 13.1. The van der Waals surface area contributed by atoms with Gasteiger partial charge in [0.1, 0.15) is 11.4 Å². The van der Waals surface area contributed by atoms with Crippen LogP contribution < -0.4 is 10.6 Å². The van der Waals surface area contributed by atoms with Gasteiger partial charge in [0.15, 0.2) is 0 Å². The number of amides is 2. The van der Waals surface area contributed by atoms with Crippen molar-refractivity contribution in [2.75, 3.05) is 5.32 Å². The van der Waals surface area contributed by atoms with E-state index in [1.807, 2.05) is 0 Å². The van der Waals surface area contributed by atoms with Crippen LogP contribution in [0.4, 0.5) is 28.0 Å². The van der Waals surface area contributed by atoms with Crippen molar-refractivity contribution in [2.45, 2.75) is 45.5 Å². The maximum absolute atomic E-state index is 13.1. The molecule has 9 heteroatoms. The summed E-state index contributed by atoms with van der Waals surface area (Å²) in [5, 5.41) is 4.95. The number of hydrogen-bond acceptors (Lipinski definition) is 3. The number of nitrogens with one attached hydrogen (secondary N) is 2. The zero-order valence-electron chi connectivity index (χ0n) is 16.7. The Morgan fingerprint density at radius 1 is 1.00 bits per heavy atom. The van der Waals surface area contributed by atoms with Crippen LogP contribution in [0.5, 0.6) is 0 Å². The number of ether oxygens (including phenoxy) is 1. The van der Waals surface area contributed by atoms with Crippen LogP contribution in [0.3, 0.4) is 0 Å². The Balaban J connectivity index is 1.93. The van der Waals surface area contributed by atoms with Gasteiger partial charge in [-0.05, 0) is 56.2 Å². The van der Waals surface area contributed by atoms with E-state index in [0.29, 0.717) is 17.3 Å². The maximum Gasteiger partial charge on any atom is 0.416 e. The number of hydrogen-bond donors (Lipinski definition) is 2. The van der Waals surface area contributed by atoms with Crippen molar-refractivity contribution in [2.24, 2.45) is 0 Å². The van der Waals surface area contributed by atoms with Gasteiger partial charge in [0.2, 0.25) is 5.91 Å². The molecular formula is C21H22F4N2O3. The first kappa shape index (κ1) is 23.2. The molecule has 0 aliphatic rings. The molecule has 0 saturated heterocycles. The lowest BCUT2D eigenvalue weighted by molar-refractivity contribution is -0.138. The van der Waals surface area contributed by atoms with Crippen molar-refractivity contribution in [3.8, 4) is 0 Å². The second-order valence-corrected chi connectivity index (χ2v) is 7.58. The summed E-state index contributed by atoms with van der Waals surface area (Å²) >= 11 is 0. The third kappa shape index (κ3) is 7.38. The molecule has 0 bridgehead atoms. The summed E-state index contributed by atoms with van der Waals surface area (Å²) in [7, 11) is 0. The van der Waals surface area contributed by atoms with Crippen molar-refractivity contribution in [1.82, 2.24) is 5.32 Å².